The van der Waals surface area contributed by atoms with Gasteiger partial charge in [0.1, 0.15) is 0 Å². The molecule has 0 fully saturated rings. The highest BCUT2D eigenvalue weighted by atomic mass is 32.2. The Labute approximate surface area is 75.6 Å². The maximum absolute atomic E-state index is 10.8. The average Bonchev–Trinajstić information content (AvgIpc) is 2.05. The van der Waals surface area contributed by atoms with E-state index in [-0.39, 0.29) is 6.04 Å². The van der Waals surface area contributed by atoms with E-state index in [0.29, 0.717) is 0 Å². The maximum atomic E-state index is 10.8. The van der Waals surface area contributed by atoms with Crippen molar-refractivity contribution in [2.24, 2.45) is 0 Å². The van der Waals surface area contributed by atoms with Crippen LogP contribution in [0.2, 0.25) is 0 Å². The Morgan fingerprint density at radius 3 is 2.42 bits per heavy atom. The highest BCUT2D eigenvalue weighted by Gasteiger charge is 2.03. The van der Waals surface area contributed by atoms with Gasteiger partial charge in [0.15, 0.2) is 0 Å². The van der Waals surface area contributed by atoms with Gasteiger partial charge < -0.3 is 0 Å². The van der Waals surface area contributed by atoms with Gasteiger partial charge in [-0.05, 0) is 12.5 Å². The van der Waals surface area contributed by atoms with Crippen LogP contribution in [-0.2, 0) is 11.0 Å². The summed E-state index contributed by atoms with van der Waals surface area (Å²) in [7, 11) is -0.946. The summed E-state index contributed by atoms with van der Waals surface area (Å²) < 4.78 is 13.8. The SMILES string of the molecule is C[C@@H](NS(C)=O)c1ccccc1. The molecule has 0 spiro atoms. The van der Waals surface area contributed by atoms with Crippen molar-refractivity contribution in [3.05, 3.63) is 35.9 Å². The van der Waals surface area contributed by atoms with E-state index in [2.05, 4.69) is 4.72 Å². The summed E-state index contributed by atoms with van der Waals surface area (Å²) in [5.74, 6) is 0. The minimum atomic E-state index is -0.946. The van der Waals surface area contributed by atoms with Gasteiger partial charge >= 0.3 is 0 Å². The van der Waals surface area contributed by atoms with Gasteiger partial charge in [0.25, 0.3) is 0 Å². The van der Waals surface area contributed by atoms with Crippen LogP contribution in [0.3, 0.4) is 0 Å². The van der Waals surface area contributed by atoms with E-state index in [1.165, 1.54) is 0 Å². The number of nitrogens with one attached hydrogen (secondary N) is 1. The molecule has 0 aromatic heterocycles. The first kappa shape index (κ1) is 9.42. The molecule has 0 bridgehead atoms. The zero-order valence-corrected chi connectivity index (χ0v) is 8.10. The lowest BCUT2D eigenvalue weighted by molar-refractivity contribution is 0.656. The Bertz CT molecular complexity index is 260. The molecule has 0 saturated heterocycles. The second-order valence-electron chi connectivity index (χ2n) is 2.70. The molecule has 0 heterocycles. The fourth-order valence-electron chi connectivity index (χ4n) is 1.06. The van der Waals surface area contributed by atoms with E-state index in [9.17, 15) is 4.21 Å². The van der Waals surface area contributed by atoms with Crippen molar-refractivity contribution in [2.75, 3.05) is 6.26 Å². The molecular weight excluding hydrogens is 170 g/mol. The number of hydrogen-bond acceptors (Lipinski definition) is 1. The molecule has 66 valence electrons. The maximum Gasteiger partial charge on any atom is 0.0889 e. The van der Waals surface area contributed by atoms with Crippen molar-refractivity contribution in [2.45, 2.75) is 13.0 Å². The molecule has 0 aliphatic carbocycles. The molecule has 0 aliphatic rings. The smallest absolute Gasteiger partial charge is 0.0889 e. The summed E-state index contributed by atoms with van der Waals surface area (Å²) in [5, 5.41) is 0. The topological polar surface area (TPSA) is 29.1 Å². The largest absolute Gasteiger partial charge is 0.243 e. The lowest BCUT2D eigenvalue weighted by Crippen LogP contribution is -2.19. The monoisotopic (exact) mass is 183 g/mol. The van der Waals surface area contributed by atoms with Gasteiger partial charge in [0.05, 0.1) is 11.0 Å². The summed E-state index contributed by atoms with van der Waals surface area (Å²) >= 11 is 0. The lowest BCUT2D eigenvalue weighted by atomic mass is 10.1. The van der Waals surface area contributed by atoms with Gasteiger partial charge in [0.2, 0.25) is 0 Å². The van der Waals surface area contributed by atoms with E-state index in [1.807, 2.05) is 37.3 Å². The molecule has 2 nitrogen and oxygen atoms in total. The summed E-state index contributed by atoms with van der Waals surface area (Å²) in [6.07, 6.45) is 1.64. The predicted molar refractivity (Wildman–Crippen MR) is 52.1 cm³/mol. The van der Waals surface area contributed by atoms with Crippen LogP contribution >= 0.6 is 0 Å². The summed E-state index contributed by atoms with van der Waals surface area (Å²) in [6, 6.07) is 10.1. The lowest BCUT2D eigenvalue weighted by Gasteiger charge is -2.10. The summed E-state index contributed by atoms with van der Waals surface area (Å²) in [4.78, 5) is 0. The van der Waals surface area contributed by atoms with E-state index in [1.54, 1.807) is 6.26 Å². The third-order valence-corrected chi connectivity index (χ3v) is 2.33. The first-order chi connectivity index (χ1) is 5.70. The Balaban J connectivity index is 2.65. The van der Waals surface area contributed by atoms with Crippen molar-refractivity contribution in [1.29, 1.82) is 0 Å². The van der Waals surface area contributed by atoms with E-state index < -0.39 is 11.0 Å². The van der Waals surface area contributed by atoms with Crippen LogP contribution in [-0.4, -0.2) is 10.5 Å². The van der Waals surface area contributed by atoms with Crippen LogP contribution in [0.1, 0.15) is 18.5 Å². The molecule has 12 heavy (non-hydrogen) atoms. The number of hydrogen-bond donors (Lipinski definition) is 1. The number of benzene rings is 1. The van der Waals surface area contributed by atoms with Gasteiger partial charge in [0, 0.05) is 12.3 Å². The van der Waals surface area contributed by atoms with E-state index >= 15 is 0 Å². The minimum Gasteiger partial charge on any atom is -0.243 e. The fourth-order valence-corrected chi connectivity index (χ4v) is 1.69. The van der Waals surface area contributed by atoms with Gasteiger partial charge in [-0.2, -0.15) is 0 Å². The molecule has 1 N–H and O–H groups in total. The van der Waals surface area contributed by atoms with Crippen LogP contribution in [0.25, 0.3) is 0 Å². The minimum absolute atomic E-state index is 0.150. The molecule has 0 amide bonds. The van der Waals surface area contributed by atoms with Crippen LogP contribution in [0, 0.1) is 0 Å². The normalized spacial score (nSPS) is 15.5. The summed E-state index contributed by atoms with van der Waals surface area (Å²) in [5.41, 5.74) is 1.16. The second-order valence-corrected chi connectivity index (χ2v) is 3.85. The Hall–Kier alpha value is -0.670. The Morgan fingerprint density at radius 2 is 1.92 bits per heavy atom. The molecule has 3 heteroatoms. The molecule has 1 unspecified atom stereocenters. The highest BCUT2D eigenvalue weighted by molar-refractivity contribution is 7.82. The Morgan fingerprint density at radius 1 is 1.33 bits per heavy atom. The van der Waals surface area contributed by atoms with Crippen LogP contribution in [0.4, 0.5) is 0 Å². The van der Waals surface area contributed by atoms with Gasteiger partial charge in [-0.3, -0.25) is 0 Å². The van der Waals surface area contributed by atoms with Crippen LogP contribution in [0.15, 0.2) is 30.3 Å². The second kappa shape index (κ2) is 4.38. The fraction of sp³-hybridized carbons (Fsp3) is 0.333. The zero-order valence-electron chi connectivity index (χ0n) is 7.28. The van der Waals surface area contributed by atoms with Gasteiger partial charge in [-0.1, -0.05) is 30.3 Å². The third kappa shape index (κ3) is 2.75. The molecule has 1 rings (SSSR count). The predicted octanol–water partition coefficient (Wildman–Crippen LogP) is 1.63. The molecule has 1 aromatic carbocycles. The Kier molecular flexibility index (Phi) is 3.44. The van der Waals surface area contributed by atoms with Crippen LogP contribution < -0.4 is 4.72 Å². The molecule has 0 saturated carbocycles. The van der Waals surface area contributed by atoms with Gasteiger partial charge in [-0.15, -0.1) is 0 Å². The van der Waals surface area contributed by atoms with Gasteiger partial charge in [-0.25, -0.2) is 8.93 Å². The van der Waals surface area contributed by atoms with Crippen molar-refractivity contribution in [3.63, 3.8) is 0 Å². The first-order valence-corrected chi connectivity index (χ1v) is 5.40. The number of rotatable bonds is 3. The zero-order chi connectivity index (χ0) is 8.97. The van der Waals surface area contributed by atoms with Crippen molar-refractivity contribution in [1.82, 2.24) is 4.72 Å². The third-order valence-electron chi connectivity index (χ3n) is 1.64. The first-order valence-electron chi connectivity index (χ1n) is 3.84. The van der Waals surface area contributed by atoms with E-state index in [4.69, 9.17) is 0 Å². The van der Waals surface area contributed by atoms with Crippen molar-refractivity contribution < 1.29 is 4.21 Å². The van der Waals surface area contributed by atoms with Crippen molar-refractivity contribution >= 4 is 11.0 Å². The molecule has 2 atom stereocenters. The standard InChI is InChI=1S/C9H13NOS/c1-8(10-12(2)11)9-6-4-3-5-7-9/h3-8,10H,1-2H3/t8-,12?/m1/s1. The highest BCUT2D eigenvalue weighted by Crippen LogP contribution is 2.10. The van der Waals surface area contributed by atoms with Crippen molar-refractivity contribution in [3.8, 4) is 0 Å². The molecular formula is C9H13NOS. The van der Waals surface area contributed by atoms with E-state index in [0.717, 1.165) is 5.56 Å². The molecule has 0 radical (unpaired) electrons. The van der Waals surface area contributed by atoms with Crippen LogP contribution in [0.5, 0.6) is 0 Å². The quantitative estimate of drug-likeness (QED) is 0.758. The summed E-state index contributed by atoms with van der Waals surface area (Å²) in [6.45, 7) is 2.00. The average molecular weight is 183 g/mol. The molecule has 1 aromatic rings. The molecule has 0 aliphatic heterocycles.